The van der Waals surface area contributed by atoms with Crippen molar-refractivity contribution in [1.82, 2.24) is 15.2 Å². The third-order valence-corrected chi connectivity index (χ3v) is 4.96. The molecule has 2 heterocycles. The summed E-state index contributed by atoms with van der Waals surface area (Å²) in [7, 11) is 0. The van der Waals surface area contributed by atoms with Gasteiger partial charge in [0.1, 0.15) is 6.04 Å². The topological polar surface area (TPSA) is 91.2 Å². The number of rotatable bonds is 5. The third-order valence-electron chi connectivity index (χ3n) is 4.96. The number of likely N-dealkylation sites (tertiary alicyclic amines) is 1. The van der Waals surface area contributed by atoms with E-state index in [4.69, 9.17) is 5.73 Å². The molecule has 140 valence electrons. The molecule has 1 atom stereocenters. The van der Waals surface area contributed by atoms with E-state index in [0.717, 1.165) is 48.8 Å². The molecule has 1 aromatic heterocycles. The summed E-state index contributed by atoms with van der Waals surface area (Å²) in [5.74, 6) is -0.333. The van der Waals surface area contributed by atoms with Gasteiger partial charge in [-0.15, -0.1) is 0 Å². The van der Waals surface area contributed by atoms with E-state index < -0.39 is 11.6 Å². The first kappa shape index (κ1) is 18.5. The summed E-state index contributed by atoms with van der Waals surface area (Å²) in [5, 5.41) is 3.96. The van der Waals surface area contributed by atoms with E-state index in [1.165, 1.54) is 0 Å². The lowest BCUT2D eigenvalue weighted by Crippen LogP contribution is -2.57. The van der Waals surface area contributed by atoms with Gasteiger partial charge in [0.25, 0.3) is 0 Å². The van der Waals surface area contributed by atoms with Gasteiger partial charge in [-0.25, -0.2) is 0 Å². The van der Waals surface area contributed by atoms with Crippen LogP contribution >= 0.6 is 0 Å². The predicted octanol–water partition coefficient (Wildman–Crippen LogP) is 1.94. The van der Waals surface area contributed by atoms with Crippen LogP contribution in [0, 0.1) is 0 Å². The van der Waals surface area contributed by atoms with Crippen molar-refractivity contribution in [1.29, 1.82) is 0 Å². The Balaban J connectivity index is 1.84. The number of aromatic nitrogens is 1. The number of nitrogens with one attached hydrogen (secondary N) is 2. The molecular formula is C20H28N4O2. The molecule has 0 spiro atoms. The minimum absolute atomic E-state index is 0.0208. The molecule has 1 saturated heterocycles. The van der Waals surface area contributed by atoms with Crippen LogP contribution in [0.3, 0.4) is 0 Å². The Kier molecular flexibility index (Phi) is 5.32. The van der Waals surface area contributed by atoms with Crippen LogP contribution in [0.25, 0.3) is 10.9 Å². The van der Waals surface area contributed by atoms with Crippen molar-refractivity contribution in [2.45, 2.75) is 51.1 Å². The largest absolute Gasteiger partial charge is 0.361 e. The molecule has 1 unspecified atom stereocenters. The molecule has 1 aliphatic heterocycles. The number of para-hydroxylation sites is 1. The minimum Gasteiger partial charge on any atom is -0.361 e. The van der Waals surface area contributed by atoms with Crippen molar-refractivity contribution in [3.05, 3.63) is 36.0 Å². The maximum atomic E-state index is 13.1. The van der Waals surface area contributed by atoms with Crippen LogP contribution in [0.4, 0.5) is 0 Å². The first-order valence-corrected chi connectivity index (χ1v) is 9.30. The second kappa shape index (κ2) is 7.50. The zero-order valence-corrected chi connectivity index (χ0v) is 15.5. The standard InChI is InChI=1S/C20H28N4O2/c1-20(2,21)19(26)23-17(18(25)24-10-6-3-7-11-24)12-14-13-22-16-9-5-4-8-15(14)16/h4-5,8-9,13,17,22H,3,6-7,10-12,21H2,1-2H3,(H,23,26). The Morgan fingerprint density at radius 1 is 1.23 bits per heavy atom. The Morgan fingerprint density at radius 3 is 2.62 bits per heavy atom. The number of fused-ring (bicyclic) bond motifs is 1. The van der Waals surface area contributed by atoms with E-state index in [9.17, 15) is 9.59 Å². The molecule has 2 aromatic rings. The van der Waals surface area contributed by atoms with Gasteiger partial charge in [-0.3, -0.25) is 9.59 Å². The van der Waals surface area contributed by atoms with Gasteiger partial charge in [0, 0.05) is 36.6 Å². The molecule has 6 heteroatoms. The number of nitrogens with zero attached hydrogens (tertiary/aromatic N) is 1. The van der Waals surface area contributed by atoms with E-state index in [2.05, 4.69) is 10.3 Å². The highest BCUT2D eigenvalue weighted by Crippen LogP contribution is 2.20. The van der Waals surface area contributed by atoms with Crippen LogP contribution in [0.1, 0.15) is 38.7 Å². The molecule has 0 saturated carbocycles. The monoisotopic (exact) mass is 356 g/mol. The van der Waals surface area contributed by atoms with E-state index in [0.29, 0.717) is 6.42 Å². The fourth-order valence-corrected chi connectivity index (χ4v) is 3.40. The van der Waals surface area contributed by atoms with Crippen LogP contribution in [0.5, 0.6) is 0 Å². The Morgan fingerprint density at radius 2 is 1.92 bits per heavy atom. The summed E-state index contributed by atoms with van der Waals surface area (Å²) in [5.41, 5.74) is 6.94. The number of H-pyrrole nitrogens is 1. The number of hydrogen-bond acceptors (Lipinski definition) is 3. The second-order valence-electron chi connectivity index (χ2n) is 7.70. The Hall–Kier alpha value is -2.34. The fourth-order valence-electron chi connectivity index (χ4n) is 3.40. The van der Waals surface area contributed by atoms with Crippen molar-refractivity contribution < 1.29 is 9.59 Å². The van der Waals surface area contributed by atoms with Gasteiger partial charge >= 0.3 is 0 Å². The molecule has 26 heavy (non-hydrogen) atoms. The SMILES string of the molecule is CC(C)(N)C(=O)NC(Cc1c[nH]c2ccccc12)C(=O)N1CCCCC1. The zero-order chi connectivity index (χ0) is 18.7. The molecule has 0 bridgehead atoms. The van der Waals surface area contributed by atoms with E-state index in [1.54, 1.807) is 13.8 Å². The van der Waals surface area contributed by atoms with E-state index >= 15 is 0 Å². The number of benzene rings is 1. The first-order chi connectivity index (χ1) is 12.4. The van der Waals surface area contributed by atoms with E-state index in [1.807, 2.05) is 35.4 Å². The Bertz CT molecular complexity index is 784. The molecule has 0 radical (unpaired) electrons. The molecule has 3 rings (SSSR count). The molecule has 1 aliphatic rings. The molecule has 1 aromatic carbocycles. The van der Waals surface area contributed by atoms with E-state index in [-0.39, 0.29) is 11.8 Å². The van der Waals surface area contributed by atoms with Crippen molar-refractivity contribution in [2.75, 3.05) is 13.1 Å². The lowest BCUT2D eigenvalue weighted by atomic mass is 10.00. The summed E-state index contributed by atoms with van der Waals surface area (Å²) in [6.07, 6.45) is 5.55. The van der Waals surface area contributed by atoms with Crippen LogP contribution in [0.2, 0.25) is 0 Å². The second-order valence-corrected chi connectivity index (χ2v) is 7.70. The maximum Gasteiger partial charge on any atom is 0.245 e. The molecule has 4 N–H and O–H groups in total. The quantitative estimate of drug-likeness (QED) is 0.765. The highest BCUT2D eigenvalue weighted by Gasteiger charge is 2.31. The van der Waals surface area contributed by atoms with Crippen molar-refractivity contribution in [3.63, 3.8) is 0 Å². The van der Waals surface area contributed by atoms with Gasteiger partial charge in [0.05, 0.1) is 5.54 Å². The highest BCUT2D eigenvalue weighted by molar-refractivity contribution is 5.92. The lowest BCUT2D eigenvalue weighted by Gasteiger charge is -2.32. The summed E-state index contributed by atoms with van der Waals surface area (Å²) < 4.78 is 0. The van der Waals surface area contributed by atoms with Crippen molar-refractivity contribution in [3.8, 4) is 0 Å². The number of piperidine rings is 1. The summed E-state index contributed by atoms with van der Waals surface area (Å²) in [6, 6.07) is 7.36. The van der Waals surface area contributed by atoms with Gasteiger partial charge < -0.3 is 20.9 Å². The maximum absolute atomic E-state index is 13.1. The van der Waals surface area contributed by atoms with Crippen LogP contribution in [-0.2, 0) is 16.0 Å². The fraction of sp³-hybridized carbons (Fsp3) is 0.500. The van der Waals surface area contributed by atoms with Gasteiger partial charge in [-0.2, -0.15) is 0 Å². The number of aromatic amines is 1. The molecular weight excluding hydrogens is 328 g/mol. The number of hydrogen-bond donors (Lipinski definition) is 3. The summed E-state index contributed by atoms with van der Waals surface area (Å²) >= 11 is 0. The smallest absolute Gasteiger partial charge is 0.245 e. The molecule has 0 aliphatic carbocycles. The van der Waals surface area contributed by atoms with Gasteiger partial charge in [-0.1, -0.05) is 18.2 Å². The third kappa shape index (κ3) is 4.07. The number of nitrogens with two attached hydrogens (primary N) is 1. The average Bonchev–Trinajstić information content (AvgIpc) is 3.03. The van der Waals surface area contributed by atoms with Crippen molar-refractivity contribution in [2.24, 2.45) is 5.73 Å². The number of carbonyl (C=O) groups excluding carboxylic acids is 2. The molecule has 6 nitrogen and oxygen atoms in total. The highest BCUT2D eigenvalue weighted by atomic mass is 16.2. The number of amides is 2. The van der Waals surface area contributed by atoms with Crippen LogP contribution in [0.15, 0.2) is 30.5 Å². The van der Waals surface area contributed by atoms with Gasteiger partial charge in [-0.05, 0) is 44.7 Å². The van der Waals surface area contributed by atoms with Gasteiger partial charge in [0.2, 0.25) is 11.8 Å². The van der Waals surface area contributed by atoms with Crippen molar-refractivity contribution >= 4 is 22.7 Å². The minimum atomic E-state index is -1.03. The predicted molar refractivity (Wildman–Crippen MR) is 103 cm³/mol. The number of carbonyl (C=O) groups is 2. The normalized spacial score (nSPS) is 16.5. The summed E-state index contributed by atoms with van der Waals surface area (Å²) in [4.78, 5) is 30.6. The molecule has 1 fully saturated rings. The van der Waals surface area contributed by atoms with Crippen LogP contribution < -0.4 is 11.1 Å². The van der Waals surface area contributed by atoms with Crippen LogP contribution in [-0.4, -0.2) is 46.4 Å². The lowest BCUT2D eigenvalue weighted by molar-refractivity contribution is -0.138. The molecule has 2 amide bonds. The average molecular weight is 356 g/mol. The first-order valence-electron chi connectivity index (χ1n) is 9.30. The Labute approximate surface area is 154 Å². The zero-order valence-electron chi connectivity index (χ0n) is 15.5. The van der Waals surface area contributed by atoms with Gasteiger partial charge in [0.15, 0.2) is 0 Å². The summed E-state index contributed by atoms with van der Waals surface area (Å²) in [6.45, 7) is 4.81.